The van der Waals surface area contributed by atoms with Gasteiger partial charge in [-0.2, -0.15) is 0 Å². The topological polar surface area (TPSA) is 157 Å². The number of amides is 2. The quantitative estimate of drug-likeness (QED) is 0.182. The van der Waals surface area contributed by atoms with Crippen LogP contribution < -0.4 is 15.4 Å². The van der Waals surface area contributed by atoms with Crippen LogP contribution in [0, 0.1) is 39.1 Å². The first-order valence-electron chi connectivity index (χ1n) is 14.8. The summed E-state index contributed by atoms with van der Waals surface area (Å²) in [6.07, 6.45) is 6.41. The Morgan fingerprint density at radius 1 is 0.956 bits per heavy atom. The van der Waals surface area contributed by atoms with Crippen LogP contribution in [0.5, 0.6) is 0 Å². The van der Waals surface area contributed by atoms with Crippen LogP contribution in [0.3, 0.4) is 0 Å². The van der Waals surface area contributed by atoms with Gasteiger partial charge in [-0.15, -0.1) is 0 Å². The zero-order chi connectivity index (χ0) is 31.9. The summed E-state index contributed by atoms with van der Waals surface area (Å²) in [4.78, 5) is 35.5. The van der Waals surface area contributed by atoms with Crippen molar-refractivity contribution in [1.82, 2.24) is 4.72 Å². The number of benzene rings is 3. The van der Waals surface area contributed by atoms with Crippen LogP contribution >= 0.6 is 0 Å². The number of nitrogens with zero attached hydrogens (tertiary/aromatic N) is 1. The number of carbonyl (C=O) groups excluding carboxylic acids is 2. The van der Waals surface area contributed by atoms with E-state index in [1.807, 2.05) is 4.72 Å². The monoisotopic (exact) mass is 636 g/mol. The van der Waals surface area contributed by atoms with Crippen molar-refractivity contribution in [2.24, 2.45) is 23.2 Å². The predicted molar refractivity (Wildman–Crippen MR) is 165 cm³/mol. The van der Waals surface area contributed by atoms with Crippen LogP contribution in [0.2, 0.25) is 0 Å². The molecule has 3 aromatic carbocycles. The molecule has 4 aliphatic rings. The summed E-state index contributed by atoms with van der Waals surface area (Å²) in [6.45, 7) is 0.605. The third-order valence-corrected chi connectivity index (χ3v) is 10.7. The van der Waals surface area contributed by atoms with Gasteiger partial charge in [-0.3, -0.25) is 20.2 Å². The Kier molecular flexibility index (Phi) is 7.98. The second-order valence-electron chi connectivity index (χ2n) is 12.5. The number of rotatable bonds is 9. The highest BCUT2D eigenvalue weighted by Crippen LogP contribution is 2.60. The second-order valence-corrected chi connectivity index (χ2v) is 14.2. The maximum absolute atomic E-state index is 13.8. The van der Waals surface area contributed by atoms with Crippen molar-refractivity contribution in [2.45, 2.75) is 43.4 Å². The first-order chi connectivity index (χ1) is 21.4. The number of sulfonamides is 1. The Morgan fingerprint density at radius 2 is 1.60 bits per heavy atom. The number of ether oxygens (including phenoxy) is 1. The van der Waals surface area contributed by atoms with E-state index in [0.29, 0.717) is 17.7 Å². The van der Waals surface area contributed by atoms with Crippen molar-refractivity contribution in [2.75, 3.05) is 24.3 Å². The summed E-state index contributed by atoms with van der Waals surface area (Å²) in [5, 5.41) is 17.7. The fourth-order valence-corrected chi connectivity index (χ4v) is 8.84. The molecule has 4 fully saturated rings. The highest BCUT2D eigenvalue weighted by atomic mass is 32.2. The number of halogens is 1. The van der Waals surface area contributed by atoms with E-state index >= 15 is 0 Å². The Hall–Kier alpha value is -4.52. The molecule has 0 aliphatic heterocycles. The van der Waals surface area contributed by atoms with Crippen LogP contribution in [0.25, 0.3) is 11.1 Å². The van der Waals surface area contributed by atoms with Gasteiger partial charge < -0.3 is 10.1 Å². The highest BCUT2D eigenvalue weighted by molar-refractivity contribution is 7.90. The Morgan fingerprint density at radius 3 is 2.20 bits per heavy atom. The lowest BCUT2D eigenvalue weighted by molar-refractivity contribution is -0.384. The summed E-state index contributed by atoms with van der Waals surface area (Å²) >= 11 is 0. The van der Waals surface area contributed by atoms with E-state index in [2.05, 4.69) is 15.4 Å². The zero-order valence-electron chi connectivity index (χ0n) is 24.5. The van der Waals surface area contributed by atoms with Gasteiger partial charge in [0, 0.05) is 23.7 Å². The average molecular weight is 637 g/mol. The standard InChI is InChI=1S/C32H33FN4O7S/c1-44-31(39)35-28-13-24(33)6-8-26(28)22-2-4-23(5-3-22)30(38)36-45(42,43)25-7-9-27(29(14-25)37(40)41)34-18-32-15-19-10-20(16-32)12-21(11-19)17-32/h2-9,13-14,19-21,34H,10-12,15-18H2,1H3,(H,35,39)(H,36,38). The van der Waals surface area contributed by atoms with Crippen molar-refractivity contribution in [1.29, 1.82) is 0 Å². The number of carbonyl (C=O) groups is 2. The minimum absolute atomic E-state index is 0.00438. The molecule has 3 aromatic rings. The maximum Gasteiger partial charge on any atom is 0.411 e. The molecule has 4 bridgehead atoms. The van der Waals surface area contributed by atoms with Crippen molar-refractivity contribution >= 4 is 39.1 Å². The number of hydrogen-bond donors (Lipinski definition) is 3. The molecule has 2 amide bonds. The van der Waals surface area contributed by atoms with Crippen LogP contribution in [0.15, 0.2) is 65.6 Å². The van der Waals surface area contributed by atoms with Crippen LogP contribution in [-0.2, 0) is 14.8 Å². The molecule has 236 valence electrons. The number of methoxy groups -OCH3 is 1. The molecular formula is C32H33FN4O7S. The summed E-state index contributed by atoms with van der Waals surface area (Å²) in [5.74, 6) is 0.649. The molecule has 7 rings (SSSR count). The minimum Gasteiger partial charge on any atom is -0.453 e. The molecule has 11 nitrogen and oxygen atoms in total. The van der Waals surface area contributed by atoms with Gasteiger partial charge in [0.05, 0.1) is 22.6 Å². The molecule has 4 saturated carbocycles. The molecule has 4 aliphatic carbocycles. The van der Waals surface area contributed by atoms with Gasteiger partial charge in [-0.05, 0) is 110 Å². The third kappa shape index (κ3) is 6.35. The van der Waals surface area contributed by atoms with E-state index in [0.717, 1.165) is 49.1 Å². The molecule has 0 atom stereocenters. The van der Waals surface area contributed by atoms with Crippen LogP contribution in [0.4, 0.5) is 26.2 Å². The Bertz CT molecular complexity index is 1740. The third-order valence-electron chi connectivity index (χ3n) is 9.38. The number of nitrogens with one attached hydrogen (secondary N) is 3. The smallest absolute Gasteiger partial charge is 0.411 e. The van der Waals surface area contributed by atoms with Gasteiger partial charge in [-0.25, -0.2) is 22.3 Å². The van der Waals surface area contributed by atoms with Gasteiger partial charge in [-0.1, -0.05) is 12.1 Å². The van der Waals surface area contributed by atoms with Gasteiger partial charge in [0.1, 0.15) is 11.5 Å². The second kappa shape index (κ2) is 11.8. The Labute approximate surface area is 259 Å². The van der Waals surface area contributed by atoms with E-state index in [4.69, 9.17) is 0 Å². The summed E-state index contributed by atoms with van der Waals surface area (Å²) in [5.41, 5.74) is 1.06. The van der Waals surface area contributed by atoms with E-state index in [9.17, 15) is 32.5 Å². The normalized spacial score (nSPS) is 23.3. The number of anilines is 2. The number of nitro groups is 1. The first-order valence-corrected chi connectivity index (χ1v) is 16.3. The average Bonchev–Trinajstić information content (AvgIpc) is 2.99. The fraction of sp³-hybridized carbons (Fsp3) is 0.375. The van der Waals surface area contributed by atoms with E-state index in [-0.39, 0.29) is 28.0 Å². The molecule has 0 spiro atoms. The van der Waals surface area contributed by atoms with E-state index < -0.39 is 37.7 Å². The molecule has 0 heterocycles. The number of hydrogen-bond acceptors (Lipinski definition) is 8. The Balaban J connectivity index is 1.16. The van der Waals surface area contributed by atoms with Gasteiger partial charge in [0.15, 0.2) is 0 Å². The van der Waals surface area contributed by atoms with Gasteiger partial charge in [0.25, 0.3) is 21.6 Å². The van der Waals surface area contributed by atoms with Crippen LogP contribution in [-0.4, -0.2) is 39.0 Å². The predicted octanol–water partition coefficient (Wildman–Crippen LogP) is 6.33. The zero-order valence-corrected chi connectivity index (χ0v) is 25.4. The summed E-state index contributed by atoms with van der Waals surface area (Å²) in [7, 11) is -3.29. The van der Waals surface area contributed by atoms with Crippen molar-refractivity contribution in [3.63, 3.8) is 0 Å². The highest BCUT2D eigenvalue weighted by Gasteiger charge is 2.50. The van der Waals surface area contributed by atoms with Gasteiger partial charge in [0.2, 0.25) is 0 Å². The maximum atomic E-state index is 13.8. The van der Waals surface area contributed by atoms with Crippen molar-refractivity contribution in [3.05, 3.63) is 82.2 Å². The minimum atomic E-state index is -4.46. The lowest BCUT2D eigenvalue weighted by atomic mass is 9.49. The molecule has 0 radical (unpaired) electrons. The first kappa shape index (κ1) is 30.5. The summed E-state index contributed by atoms with van der Waals surface area (Å²) < 4.78 is 46.6. The molecule has 0 aromatic heterocycles. The fourth-order valence-electron chi connectivity index (χ4n) is 7.84. The van der Waals surface area contributed by atoms with Crippen molar-refractivity contribution < 1.29 is 32.1 Å². The summed E-state index contributed by atoms with van der Waals surface area (Å²) in [6, 6.07) is 13.1. The van der Waals surface area contributed by atoms with Crippen LogP contribution in [0.1, 0.15) is 48.9 Å². The van der Waals surface area contributed by atoms with E-state index in [1.165, 1.54) is 74.9 Å². The molecular weight excluding hydrogens is 603 g/mol. The van der Waals surface area contributed by atoms with E-state index in [1.54, 1.807) is 0 Å². The lowest BCUT2D eigenvalue weighted by Crippen LogP contribution is -2.49. The lowest BCUT2D eigenvalue weighted by Gasteiger charge is -2.57. The van der Waals surface area contributed by atoms with Gasteiger partial charge >= 0.3 is 6.09 Å². The number of nitro benzene ring substituents is 1. The molecule has 0 saturated heterocycles. The largest absolute Gasteiger partial charge is 0.453 e. The SMILES string of the molecule is COC(=O)Nc1cc(F)ccc1-c1ccc(C(=O)NS(=O)(=O)c2ccc(NCC34CC5CC(CC(C5)C3)C4)c([N+](=O)[O-])c2)cc1. The molecule has 45 heavy (non-hydrogen) atoms. The van der Waals surface area contributed by atoms with Crippen molar-refractivity contribution in [3.8, 4) is 11.1 Å². The molecule has 3 N–H and O–H groups in total. The molecule has 13 heteroatoms. The molecule has 0 unspecified atom stereocenters.